The molecule has 5 rings (SSSR count). The Bertz CT molecular complexity index is 1110. The minimum absolute atomic E-state index is 0.0957. The Balaban J connectivity index is 1.23. The van der Waals surface area contributed by atoms with Crippen molar-refractivity contribution in [2.24, 2.45) is 0 Å². The second-order valence-electron chi connectivity index (χ2n) is 8.53. The van der Waals surface area contributed by atoms with Gasteiger partial charge in [0.25, 0.3) is 6.43 Å². The van der Waals surface area contributed by atoms with Crippen molar-refractivity contribution in [2.75, 3.05) is 5.32 Å². The van der Waals surface area contributed by atoms with Gasteiger partial charge in [-0.25, -0.2) is 23.1 Å². The number of nitrogens with one attached hydrogen (secondary N) is 3. The van der Waals surface area contributed by atoms with Crippen LogP contribution < -0.4 is 10.6 Å². The van der Waals surface area contributed by atoms with E-state index in [9.17, 15) is 13.6 Å². The highest BCUT2D eigenvalue weighted by molar-refractivity contribution is 5.72. The van der Waals surface area contributed by atoms with Crippen LogP contribution in [0.5, 0.6) is 0 Å². The molecule has 2 aliphatic rings. The van der Waals surface area contributed by atoms with Crippen molar-refractivity contribution >= 4 is 23.2 Å². The number of aromatic nitrogens is 5. The van der Waals surface area contributed by atoms with Crippen LogP contribution in [0.4, 0.5) is 25.2 Å². The van der Waals surface area contributed by atoms with Gasteiger partial charge < -0.3 is 15.4 Å². The molecule has 9 nitrogen and oxygen atoms in total. The predicted molar refractivity (Wildman–Crippen MR) is 107 cm³/mol. The minimum atomic E-state index is -2.66. The number of rotatable bonds is 6. The molecule has 0 aliphatic heterocycles. The summed E-state index contributed by atoms with van der Waals surface area (Å²) < 4.78 is 32.9. The number of carbonyl (C=O) groups is 1. The van der Waals surface area contributed by atoms with Crippen LogP contribution in [0.3, 0.4) is 0 Å². The Hall–Kier alpha value is -3.24. The molecule has 3 aromatic heterocycles. The number of carbonyl (C=O) groups excluding carboxylic acids is 1. The molecular formula is C20H23F2N7O2. The first-order chi connectivity index (χ1) is 14.9. The Morgan fingerprint density at radius 2 is 2.19 bits per heavy atom. The molecule has 0 radical (unpaired) electrons. The molecule has 11 heteroatoms. The standard InChI is InChI=1S/C20H23F2N7O2/c1-20(4-5-20)25-19(30)31-12-3-2-11(8-12)13-10-16(27-26-13)24-18-15-9-14(17(21)22)28-29(15)7-6-23-18/h6-7,9-12,17H,2-5,8H2,1H3,(H,25,30)(H2,23,24,26,27)/t11-,12+/m0/s1. The molecule has 0 unspecified atom stereocenters. The number of hydrogen-bond acceptors (Lipinski definition) is 6. The van der Waals surface area contributed by atoms with Crippen LogP contribution in [0.25, 0.3) is 5.52 Å². The monoisotopic (exact) mass is 431 g/mol. The van der Waals surface area contributed by atoms with E-state index < -0.39 is 6.43 Å². The summed E-state index contributed by atoms with van der Waals surface area (Å²) in [7, 11) is 0. The number of aromatic amines is 1. The number of alkyl carbamates (subject to hydrolysis) is 1. The van der Waals surface area contributed by atoms with Crippen molar-refractivity contribution < 1.29 is 18.3 Å². The van der Waals surface area contributed by atoms with E-state index in [1.807, 2.05) is 13.0 Å². The van der Waals surface area contributed by atoms with E-state index in [4.69, 9.17) is 4.74 Å². The summed E-state index contributed by atoms with van der Waals surface area (Å²) in [4.78, 5) is 16.3. The van der Waals surface area contributed by atoms with Gasteiger partial charge in [0.15, 0.2) is 11.6 Å². The molecule has 2 aliphatic carbocycles. The lowest BCUT2D eigenvalue weighted by Gasteiger charge is -2.16. The van der Waals surface area contributed by atoms with Crippen LogP contribution in [0.15, 0.2) is 24.5 Å². The van der Waals surface area contributed by atoms with Crippen molar-refractivity contribution in [1.82, 2.24) is 30.1 Å². The third kappa shape index (κ3) is 4.17. The number of halogens is 2. The molecular weight excluding hydrogens is 408 g/mol. The first-order valence-corrected chi connectivity index (χ1v) is 10.3. The van der Waals surface area contributed by atoms with Gasteiger partial charge in [-0.15, -0.1) is 0 Å². The summed E-state index contributed by atoms with van der Waals surface area (Å²) in [5.41, 5.74) is 0.959. The molecule has 0 aromatic carbocycles. The molecule has 0 bridgehead atoms. The van der Waals surface area contributed by atoms with Gasteiger partial charge in [0.05, 0.1) is 0 Å². The van der Waals surface area contributed by atoms with Crippen molar-refractivity contribution in [2.45, 2.75) is 63.0 Å². The van der Waals surface area contributed by atoms with E-state index in [-0.39, 0.29) is 29.3 Å². The van der Waals surface area contributed by atoms with Crippen LogP contribution in [-0.4, -0.2) is 42.5 Å². The van der Waals surface area contributed by atoms with Crippen molar-refractivity contribution in [1.29, 1.82) is 0 Å². The van der Waals surface area contributed by atoms with E-state index in [0.29, 0.717) is 17.2 Å². The largest absolute Gasteiger partial charge is 0.446 e. The molecule has 1 amide bonds. The molecule has 164 valence electrons. The van der Waals surface area contributed by atoms with Gasteiger partial charge in [-0.3, -0.25) is 5.10 Å². The average Bonchev–Trinajstić information content (AvgIpc) is 3.17. The average molecular weight is 431 g/mol. The predicted octanol–water partition coefficient (Wildman–Crippen LogP) is 4.05. The third-order valence-corrected chi connectivity index (χ3v) is 5.98. The highest BCUT2D eigenvalue weighted by Gasteiger charge is 2.40. The maximum Gasteiger partial charge on any atom is 0.407 e. The Morgan fingerprint density at radius 3 is 2.97 bits per heavy atom. The minimum Gasteiger partial charge on any atom is -0.446 e. The second kappa shape index (κ2) is 7.47. The highest BCUT2D eigenvalue weighted by Crippen LogP contribution is 2.37. The molecule has 0 spiro atoms. The van der Waals surface area contributed by atoms with Crippen molar-refractivity contribution in [3.05, 3.63) is 35.9 Å². The second-order valence-corrected chi connectivity index (χ2v) is 8.53. The van der Waals surface area contributed by atoms with Crippen molar-refractivity contribution in [3.8, 4) is 0 Å². The van der Waals surface area contributed by atoms with E-state index in [2.05, 4.69) is 30.9 Å². The summed E-state index contributed by atoms with van der Waals surface area (Å²) in [6.07, 6.45) is 4.25. The molecule has 2 atom stereocenters. The van der Waals surface area contributed by atoms with Crippen LogP contribution in [0.1, 0.15) is 62.8 Å². The Morgan fingerprint density at radius 1 is 1.35 bits per heavy atom. The van der Waals surface area contributed by atoms with E-state index in [0.717, 1.165) is 37.8 Å². The first kappa shape index (κ1) is 19.7. The fraction of sp³-hybridized carbons (Fsp3) is 0.500. The maximum atomic E-state index is 13.0. The number of fused-ring (bicyclic) bond motifs is 1. The third-order valence-electron chi connectivity index (χ3n) is 5.98. The summed E-state index contributed by atoms with van der Waals surface area (Å²) in [6, 6.07) is 3.17. The topological polar surface area (TPSA) is 109 Å². The van der Waals surface area contributed by atoms with Crippen molar-refractivity contribution in [3.63, 3.8) is 0 Å². The van der Waals surface area contributed by atoms with Gasteiger partial charge in [0.1, 0.15) is 17.3 Å². The maximum absolute atomic E-state index is 13.0. The molecule has 31 heavy (non-hydrogen) atoms. The lowest BCUT2D eigenvalue weighted by Crippen LogP contribution is -2.36. The Kier molecular flexibility index (Phi) is 4.75. The quantitative estimate of drug-likeness (QED) is 0.543. The Labute approximate surface area is 176 Å². The number of alkyl halides is 2. The fourth-order valence-corrected chi connectivity index (χ4v) is 3.94. The zero-order valence-electron chi connectivity index (χ0n) is 16.9. The molecule has 3 N–H and O–H groups in total. The molecule has 0 saturated heterocycles. The van der Waals surface area contributed by atoms with Gasteiger partial charge in [-0.2, -0.15) is 10.2 Å². The summed E-state index contributed by atoms with van der Waals surface area (Å²) in [5, 5.41) is 17.1. The number of amides is 1. The number of anilines is 2. The summed E-state index contributed by atoms with van der Waals surface area (Å²) in [5.74, 6) is 1.11. The number of nitrogens with zero attached hydrogens (tertiary/aromatic N) is 4. The van der Waals surface area contributed by atoms with Crippen LogP contribution >= 0.6 is 0 Å². The normalized spacial score (nSPS) is 22.1. The van der Waals surface area contributed by atoms with Gasteiger partial charge >= 0.3 is 6.09 Å². The smallest absolute Gasteiger partial charge is 0.407 e. The lowest BCUT2D eigenvalue weighted by atomic mass is 10.0. The van der Waals surface area contributed by atoms with Gasteiger partial charge in [-0.05, 0) is 45.1 Å². The highest BCUT2D eigenvalue weighted by atomic mass is 19.3. The molecule has 2 fully saturated rings. The van der Waals surface area contributed by atoms with Crippen LogP contribution in [0.2, 0.25) is 0 Å². The SMILES string of the molecule is CC1(NC(=O)O[C@@H]2CC[C@H](c3cc(Nc4nccn5nc(C(F)F)cc45)n[nH]3)C2)CC1. The zero-order valence-corrected chi connectivity index (χ0v) is 16.9. The molecule has 3 heterocycles. The number of ether oxygens (including phenoxy) is 1. The van der Waals surface area contributed by atoms with Crippen LogP contribution in [0, 0.1) is 0 Å². The van der Waals surface area contributed by atoms with Gasteiger partial charge in [0.2, 0.25) is 0 Å². The summed E-state index contributed by atoms with van der Waals surface area (Å²) >= 11 is 0. The number of H-pyrrole nitrogens is 1. The zero-order chi connectivity index (χ0) is 21.6. The lowest BCUT2D eigenvalue weighted by molar-refractivity contribution is 0.0967. The first-order valence-electron chi connectivity index (χ1n) is 10.3. The molecule has 3 aromatic rings. The molecule has 2 saturated carbocycles. The fourth-order valence-electron chi connectivity index (χ4n) is 3.94. The van der Waals surface area contributed by atoms with Gasteiger partial charge in [0, 0.05) is 35.6 Å². The van der Waals surface area contributed by atoms with Crippen LogP contribution in [-0.2, 0) is 4.74 Å². The van der Waals surface area contributed by atoms with E-state index in [1.54, 1.807) is 0 Å². The summed E-state index contributed by atoms with van der Waals surface area (Å²) in [6.45, 7) is 2.01. The van der Waals surface area contributed by atoms with E-state index >= 15 is 0 Å². The number of hydrogen-bond donors (Lipinski definition) is 3. The van der Waals surface area contributed by atoms with E-state index in [1.165, 1.54) is 23.0 Å². The van der Waals surface area contributed by atoms with Gasteiger partial charge in [-0.1, -0.05) is 0 Å².